The highest BCUT2D eigenvalue weighted by atomic mass is 35.5. The number of anilines is 1. The predicted octanol–water partition coefficient (Wildman–Crippen LogP) is 2.58. The van der Waals surface area contributed by atoms with Gasteiger partial charge in [-0.25, -0.2) is 9.97 Å². The molecule has 0 saturated carbocycles. The van der Waals surface area contributed by atoms with E-state index in [1.807, 2.05) is 18.2 Å². The molecule has 1 amide bonds. The Balaban J connectivity index is 1.46. The molecule has 3 rings (SSSR count). The molecule has 25 heavy (non-hydrogen) atoms. The summed E-state index contributed by atoms with van der Waals surface area (Å²) in [7, 11) is 0. The van der Waals surface area contributed by atoms with E-state index in [-0.39, 0.29) is 11.7 Å². The molecule has 132 valence electrons. The lowest BCUT2D eigenvalue weighted by molar-refractivity contribution is -0.118. The molecule has 2 aromatic rings. The van der Waals surface area contributed by atoms with Gasteiger partial charge in [0.05, 0.1) is 5.75 Å². The van der Waals surface area contributed by atoms with Crippen LogP contribution in [-0.2, 0) is 11.2 Å². The number of carbonyl (C=O) groups is 1. The lowest BCUT2D eigenvalue weighted by Gasteiger charge is -2.16. The van der Waals surface area contributed by atoms with E-state index in [0.29, 0.717) is 23.3 Å². The zero-order valence-electron chi connectivity index (χ0n) is 13.8. The second kappa shape index (κ2) is 9.01. The molecule has 6 nitrogen and oxygen atoms in total. The second-order valence-corrected chi connectivity index (χ2v) is 7.07. The van der Waals surface area contributed by atoms with Gasteiger partial charge in [-0.3, -0.25) is 9.78 Å². The highest BCUT2D eigenvalue weighted by molar-refractivity contribution is 7.99. The van der Waals surface area contributed by atoms with Gasteiger partial charge >= 0.3 is 0 Å². The second-order valence-electron chi connectivity index (χ2n) is 5.74. The Morgan fingerprint density at radius 3 is 2.88 bits per heavy atom. The number of hydrogen-bond donors (Lipinski definition) is 1. The van der Waals surface area contributed by atoms with Crippen molar-refractivity contribution in [3.05, 3.63) is 41.3 Å². The van der Waals surface area contributed by atoms with Gasteiger partial charge in [0.15, 0.2) is 5.16 Å². The third-order valence-corrected chi connectivity index (χ3v) is 4.89. The van der Waals surface area contributed by atoms with Crippen LogP contribution < -0.4 is 10.2 Å². The van der Waals surface area contributed by atoms with Crippen molar-refractivity contribution in [1.82, 2.24) is 20.3 Å². The van der Waals surface area contributed by atoms with Crippen molar-refractivity contribution >= 4 is 35.1 Å². The highest BCUT2D eigenvalue weighted by Gasteiger charge is 2.16. The van der Waals surface area contributed by atoms with Gasteiger partial charge in [-0.2, -0.15) is 0 Å². The van der Waals surface area contributed by atoms with E-state index < -0.39 is 0 Å². The Bertz CT molecular complexity index is 709. The summed E-state index contributed by atoms with van der Waals surface area (Å²) in [6.07, 6.45) is 4.80. The van der Waals surface area contributed by atoms with Crippen molar-refractivity contribution in [2.45, 2.75) is 24.4 Å². The molecule has 3 heterocycles. The number of aromatic nitrogens is 3. The van der Waals surface area contributed by atoms with E-state index in [1.54, 1.807) is 12.3 Å². The third-order valence-electron chi connectivity index (χ3n) is 3.85. The van der Waals surface area contributed by atoms with Crippen molar-refractivity contribution in [3.63, 3.8) is 0 Å². The van der Waals surface area contributed by atoms with Gasteiger partial charge in [0, 0.05) is 44.0 Å². The summed E-state index contributed by atoms with van der Waals surface area (Å²) in [4.78, 5) is 27.1. The summed E-state index contributed by atoms with van der Waals surface area (Å²) in [6, 6.07) is 7.54. The molecule has 0 atom stereocenters. The Labute approximate surface area is 156 Å². The number of carbonyl (C=O) groups excluding carboxylic acids is 1. The Hall–Kier alpha value is -1.86. The summed E-state index contributed by atoms with van der Waals surface area (Å²) in [5.41, 5.74) is 0.962. The zero-order chi connectivity index (χ0) is 17.5. The van der Waals surface area contributed by atoms with Crippen molar-refractivity contribution in [2.24, 2.45) is 0 Å². The van der Waals surface area contributed by atoms with E-state index in [2.05, 4.69) is 25.2 Å². The molecule has 0 aromatic carbocycles. The topological polar surface area (TPSA) is 71.0 Å². The molecule has 1 aliphatic rings. The molecular weight excluding hydrogens is 358 g/mol. The van der Waals surface area contributed by atoms with Gasteiger partial charge in [0.1, 0.15) is 11.0 Å². The Morgan fingerprint density at radius 1 is 1.28 bits per heavy atom. The van der Waals surface area contributed by atoms with Gasteiger partial charge in [0.25, 0.3) is 0 Å². The van der Waals surface area contributed by atoms with Crippen LogP contribution in [0.5, 0.6) is 0 Å². The first kappa shape index (κ1) is 17.9. The smallest absolute Gasteiger partial charge is 0.230 e. The maximum atomic E-state index is 12.0. The average Bonchev–Trinajstić information content (AvgIpc) is 3.15. The van der Waals surface area contributed by atoms with Crippen LogP contribution in [0.2, 0.25) is 5.15 Å². The van der Waals surface area contributed by atoms with E-state index in [0.717, 1.165) is 24.6 Å². The van der Waals surface area contributed by atoms with Gasteiger partial charge < -0.3 is 10.2 Å². The molecule has 1 N–H and O–H groups in total. The predicted molar refractivity (Wildman–Crippen MR) is 100 cm³/mol. The van der Waals surface area contributed by atoms with Crippen molar-refractivity contribution < 1.29 is 4.79 Å². The van der Waals surface area contributed by atoms with E-state index in [1.165, 1.54) is 24.6 Å². The molecular formula is C17H20ClN5OS. The molecule has 2 aromatic heterocycles. The van der Waals surface area contributed by atoms with Crippen LogP contribution in [0.1, 0.15) is 18.5 Å². The zero-order valence-corrected chi connectivity index (χ0v) is 15.4. The van der Waals surface area contributed by atoms with Gasteiger partial charge in [-0.1, -0.05) is 29.4 Å². The maximum absolute atomic E-state index is 12.0. The molecule has 1 saturated heterocycles. The summed E-state index contributed by atoms with van der Waals surface area (Å²) in [5, 5.41) is 3.84. The van der Waals surface area contributed by atoms with Crippen LogP contribution in [0.25, 0.3) is 0 Å². The van der Waals surface area contributed by atoms with E-state index in [9.17, 15) is 4.79 Å². The quantitative estimate of drug-likeness (QED) is 0.454. The minimum atomic E-state index is -0.0489. The lowest BCUT2D eigenvalue weighted by Crippen LogP contribution is -2.27. The number of nitrogens with zero attached hydrogens (tertiary/aromatic N) is 4. The Morgan fingerprint density at radius 2 is 2.12 bits per heavy atom. The largest absolute Gasteiger partial charge is 0.356 e. The molecule has 0 spiro atoms. The first-order valence-corrected chi connectivity index (χ1v) is 9.66. The van der Waals surface area contributed by atoms with Crippen LogP contribution in [0.15, 0.2) is 35.6 Å². The number of pyridine rings is 1. The number of thioether (sulfide) groups is 1. The van der Waals surface area contributed by atoms with E-state index in [4.69, 9.17) is 11.6 Å². The molecule has 0 aliphatic carbocycles. The first-order chi connectivity index (χ1) is 12.2. The summed E-state index contributed by atoms with van der Waals surface area (Å²) >= 11 is 7.40. The minimum absolute atomic E-state index is 0.0489. The number of hydrogen-bond acceptors (Lipinski definition) is 6. The molecule has 0 bridgehead atoms. The van der Waals surface area contributed by atoms with Crippen molar-refractivity contribution in [2.75, 3.05) is 30.3 Å². The van der Waals surface area contributed by atoms with E-state index >= 15 is 0 Å². The van der Waals surface area contributed by atoms with Gasteiger partial charge in [0.2, 0.25) is 5.91 Å². The van der Waals surface area contributed by atoms with Crippen LogP contribution >= 0.6 is 23.4 Å². The first-order valence-electron chi connectivity index (χ1n) is 8.29. The summed E-state index contributed by atoms with van der Waals surface area (Å²) in [6.45, 7) is 2.54. The van der Waals surface area contributed by atoms with Gasteiger partial charge in [-0.15, -0.1) is 0 Å². The standard InChI is InChI=1S/C17H20ClN5OS/c18-14-11-15(23-9-3-4-10-23)22-17(21-14)25-12-16(24)20-8-6-13-5-1-2-7-19-13/h1-2,5,7,11H,3-4,6,8-10,12H2,(H,20,24). The summed E-state index contributed by atoms with van der Waals surface area (Å²) < 4.78 is 0. The van der Waals surface area contributed by atoms with Crippen molar-refractivity contribution in [3.8, 4) is 0 Å². The number of nitrogens with one attached hydrogen (secondary N) is 1. The number of halogens is 1. The summed E-state index contributed by atoms with van der Waals surface area (Å²) in [5.74, 6) is 1.06. The van der Waals surface area contributed by atoms with Crippen molar-refractivity contribution in [1.29, 1.82) is 0 Å². The lowest BCUT2D eigenvalue weighted by atomic mass is 10.3. The number of amides is 1. The van der Waals surface area contributed by atoms with Crippen LogP contribution in [0.4, 0.5) is 5.82 Å². The monoisotopic (exact) mass is 377 g/mol. The molecule has 0 radical (unpaired) electrons. The fourth-order valence-corrected chi connectivity index (χ4v) is 3.53. The normalized spacial score (nSPS) is 13.9. The highest BCUT2D eigenvalue weighted by Crippen LogP contribution is 2.24. The maximum Gasteiger partial charge on any atom is 0.230 e. The molecule has 1 fully saturated rings. The minimum Gasteiger partial charge on any atom is -0.356 e. The molecule has 8 heteroatoms. The van der Waals surface area contributed by atoms with Crippen LogP contribution in [0, 0.1) is 0 Å². The molecule has 0 unspecified atom stereocenters. The average molecular weight is 378 g/mol. The van der Waals surface area contributed by atoms with Crippen LogP contribution in [0.3, 0.4) is 0 Å². The number of rotatable bonds is 7. The third kappa shape index (κ3) is 5.57. The van der Waals surface area contributed by atoms with Crippen LogP contribution in [-0.4, -0.2) is 46.2 Å². The van der Waals surface area contributed by atoms with Gasteiger partial charge in [-0.05, 0) is 25.0 Å². The fourth-order valence-electron chi connectivity index (χ4n) is 2.62. The molecule has 1 aliphatic heterocycles. The fraction of sp³-hybridized carbons (Fsp3) is 0.412. The SMILES string of the molecule is O=C(CSc1nc(Cl)cc(N2CCCC2)n1)NCCc1ccccn1. The Kier molecular flexibility index (Phi) is 6.47.